The van der Waals surface area contributed by atoms with Gasteiger partial charge in [-0.15, -0.1) is 11.3 Å². The molecular weight excluding hydrogens is 288 g/mol. The molecule has 0 amide bonds. The van der Waals surface area contributed by atoms with Crippen LogP contribution in [0.1, 0.15) is 39.3 Å². The molecule has 2 heterocycles. The van der Waals surface area contributed by atoms with E-state index in [0.29, 0.717) is 5.92 Å². The van der Waals surface area contributed by atoms with Crippen molar-refractivity contribution in [2.75, 3.05) is 30.4 Å². The standard InChI is InChI=1S/C14H22N4S2/c1-6-18(7-2)14-17-11(9(3)4)12(20-14)10-8-19-13(15-5)16-10/h8-9H,6-7H2,1-5H3,(H,15,16). The highest BCUT2D eigenvalue weighted by atomic mass is 32.1. The van der Waals surface area contributed by atoms with Crippen LogP contribution in [0.3, 0.4) is 0 Å². The van der Waals surface area contributed by atoms with Crippen molar-refractivity contribution in [3.8, 4) is 10.6 Å². The van der Waals surface area contributed by atoms with Gasteiger partial charge in [0.15, 0.2) is 10.3 Å². The van der Waals surface area contributed by atoms with Crippen molar-refractivity contribution in [3.05, 3.63) is 11.1 Å². The normalized spacial score (nSPS) is 11.1. The van der Waals surface area contributed by atoms with Crippen molar-refractivity contribution in [3.63, 3.8) is 0 Å². The Labute approximate surface area is 128 Å². The van der Waals surface area contributed by atoms with Crippen molar-refractivity contribution >= 4 is 32.9 Å². The first kappa shape index (κ1) is 15.3. The van der Waals surface area contributed by atoms with Gasteiger partial charge in [-0.1, -0.05) is 25.2 Å². The van der Waals surface area contributed by atoms with Crippen LogP contribution in [0.4, 0.5) is 10.3 Å². The van der Waals surface area contributed by atoms with Crippen molar-refractivity contribution < 1.29 is 0 Å². The molecule has 0 unspecified atom stereocenters. The van der Waals surface area contributed by atoms with Crippen LogP contribution in [0.5, 0.6) is 0 Å². The first-order chi connectivity index (χ1) is 9.60. The molecular formula is C14H22N4S2. The maximum atomic E-state index is 4.85. The van der Waals surface area contributed by atoms with E-state index in [-0.39, 0.29) is 0 Å². The first-order valence-electron chi connectivity index (χ1n) is 6.99. The average molecular weight is 310 g/mol. The summed E-state index contributed by atoms with van der Waals surface area (Å²) in [6.07, 6.45) is 0. The molecule has 2 aromatic heterocycles. The zero-order valence-corrected chi connectivity index (χ0v) is 14.4. The van der Waals surface area contributed by atoms with Crippen LogP contribution in [-0.2, 0) is 0 Å². The second-order valence-electron chi connectivity index (χ2n) is 4.83. The van der Waals surface area contributed by atoms with E-state index in [1.54, 1.807) is 22.7 Å². The third-order valence-electron chi connectivity index (χ3n) is 3.17. The van der Waals surface area contributed by atoms with Crippen molar-refractivity contribution in [1.29, 1.82) is 0 Å². The van der Waals surface area contributed by atoms with Gasteiger partial charge >= 0.3 is 0 Å². The molecule has 0 aliphatic carbocycles. The minimum absolute atomic E-state index is 0.408. The first-order valence-corrected chi connectivity index (χ1v) is 8.69. The SMILES string of the molecule is CCN(CC)c1nc(C(C)C)c(-c2csc(NC)n2)s1. The maximum Gasteiger partial charge on any atom is 0.186 e. The summed E-state index contributed by atoms with van der Waals surface area (Å²) in [5.41, 5.74) is 2.20. The number of anilines is 2. The second kappa shape index (κ2) is 6.54. The molecule has 4 nitrogen and oxygen atoms in total. The monoisotopic (exact) mass is 310 g/mol. The highest BCUT2D eigenvalue weighted by Gasteiger charge is 2.20. The number of thiazole rings is 2. The molecule has 110 valence electrons. The van der Waals surface area contributed by atoms with Crippen LogP contribution in [0, 0.1) is 0 Å². The van der Waals surface area contributed by atoms with Crippen LogP contribution in [0.25, 0.3) is 10.6 Å². The molecule has 0 fully saturated rings. The van der Waals surface area contributed by atoms with Crippen LogP contribution in [-0.4, -0.2) is 30.1 Å². The topological polar surface area (TPSA) is 41.1 Å². The van der Waals surface area contributed by atoms with E-state index in [4.69, 9.17) is 4.98 Å². The Hall–Kier alpha value is -1.14. The Morgan fingerprint density at radius 1 is 1.25 bits per heavy atom. The minimum Gasteiger partial charge on any atom is -0.365 e. The zero-order valence-electron chi connectivity index (χ0n) is 12.7. The van der Waals surface area contributed by atoms with E-state index in [1.165, 1.54) is 4.88 Å². The van der Waals surface area contributed by atoms with Gasteiger partial charge in [0.2, 0.25) is 0 Å². The van der Waals surface area contributed by atoms with E-state index >= 15 is 0 Å². The van der Waals surface area contributed by atoms with Gasteiger partial charge in [-0.05, 0) is 19.8 Å². The molecule has 20 heavy (non-hydrogen) atoms. The Morgan fingerprint density at radius 2 is 1.95 bits per heavy atom. The van der Waals surface area contributed by atoms with Crippen LogP contribution < -0.4 is 10.2 Å². The summed E-state index contributed by atoms with van der Waals surface area (Å²) in [5, 5.41) is 7.26. The van der Waals surface area contributed by atoms with Gasteiger partial charge in [0.1, 0.15) is 0 Å². The molecule has 0 aliphatic rings. The van der Waals surface area contributed by atoms with Gasteiger partial charge in [0, 0.05) is 25.5 Å². The maximum absolute atomic E-state index is 4.85. The van der Waals surface area contributed by atoms with Crippen LogP contribution in [0.2, 0.25) is 0 Å². The van der Waals surface area contributed by atoms with E-state index in [9.17, 15) is 0 Å². The van der Waals surface area contributed by atoms with Crippen molar-refractivity contribution in [2.24, 2.45) is 0 Å². The predicted octanol–water partition coefficient (Wildman–Crippen LogP) is 4.28. The Morgan fingerprint density at radius 3 is 2.45 bits per heavy atom. The summed E-state index contributed by atoms with van der Waals surface area (Å²) in [6, 6.07) is 0. The number of rotatable bonds is 6. The van der Waals surface area contributed by atoms with Gasteiger partial charge in [-0.3, -0.25) is 0 Å². The fraction of sp³-hybridized carbons (Fsp3) is 0.571. The molecule has 0 aromatic carbocycles. The minimum atomic E-state index is 0.408. The number of hydrogen-bond acceptors (Lipinski definition) is 6. The molecule has 1 N–H and O–H groups in total. The molecule has 0 saturated carbocycles. The van der Waals surface area contributed by atoms with Crippen LogP contribution in [0.15, 0.2) is 5.38 Å². The number of hydrogen-bond donors (Lipinski definition) is 1. The predicted molar refractivity (Wildman–Crippen MR) is 90.4 cm³/mol. The molecule has 2 rings (SSSR count). The largest absolute Gasteiger partial charge is 0.365 e. The molecule has 0 bridgehead atoms. The highest BCUT2D eigenvalue weighted by Crippen LogP contribution is 2.39. The third kappa shape index (κ3) is 2.96. The van der Waals surface area contributed by atoms with Crippen LogP contribution >= 0.6 is 22.7 Å². The Bertz CT molecular complexity index is 555. The van der Waals surface area contributed by atoms with E-state index in [1.807, 2.05) is 7.05 Å². The second-order valence-corrected chi connectivity index (χ2v) is 6.66. The lowest BCUT2D eigenvalue weighted by atomic mass is 10.1. The zero-order chi connectivity index (χ0) is 14.7. The fourth-order valence-corrected chi connectivity index (χ4v) is 4.06. The fourth-order valence-electron chi connectivity index (χ4n) is 2.02. The van der Waals surface area contributed by atoms with Gasteiger partial charge in [0.25, 0.3) is 0 Å². The molecule has 0 aliphatic heterocycles. The third-order valence-corrected chi connectivity index (χ3v) is 5.19. The Balaban J connectivity index is 2.45. The lowest BCUT2D eigenvalue weighted by molar-refractivity contribution is 0.812. The number of aromatic nitrogens is 2. The quantitative estimate of drug-likeness (QED) is 0.864. The van der Waals surface area contributed by atoms with Gasteiger partial charge < -0.3 is 10.2 Å². The molecule has 0 saturated heterocycles. The lowest BCUT2D eigenvalue weighted by Crippen LogP contribution is -2.21. The molecule has 0 radical (unpaired) electrons. The molecule has 0 atom stereocenters. The van der Waals surface area contributed by atoms with E-state index < -0.39 is 0 Å². The Kier molecular flexibility index (Phi) is 4.99. The summed E-state index contributed by atoms with van der Waals surface area (Å²) in [7, 11) is 1.90. The number of nitrogens with one attached hydrogen (secondary N) is 1. The summed E-state index contributed by atoms with van der Waals surface area (Å²) in [4.78, 5) is 13.0. The van der Waals surface area contributed by atoms with Gasteiger partial charge in [0.05, 0.1) is 16.3 Å². The summed E-state index contributed by atoms with van der Waals surface area (Å²) in [5.74, 6) is 0.408. The molecule has 2 aromatic rings. The lowest BCUT2D eigenvalue weighted by Gasteiger charge is -2.16. The number of nitrogens with zero attached hydrogens (tertiary/aromatic N) is 3. The van der Waals surface area contributed by atoms with E-state index in [2.05, 4.69) is 48.3 Å². The molecule has 0 spiro atoms. The smallest absolute Gasteiger partial charge is 0.186 e. The average Bonchev–Trinajstić information content (AvgIpc) is 3.06. The van der Waals surface area contributed by atoms with Gasteiger partial charge in [-0.2, -0.15) is 0 Å². The van der Waals surface area contributed by atoms with E-state index in [0.717, 1.165) is 34.7 Å². The van der Waals surface area contributed by atoms with Gasteiger partial charge in [-0.25, -0.2) is 9.97 Å². The van der Waals surface area contributed by atoms with Crippen molar-refractivity contribution in [2.45, 2.75) is 33.6 Å². The summed E-state index contributed by atoms with van der Waals surface area (Å²) >= 11 is 3.39. The molecule has 6 heteroatoms. The summed E-state index contributed by atoms with van der Waals surface area (Å²) in [6.45, 7) is 10.7. The summed E-state index contributed by atoms with van der Waals surface area (Å²) < 4.78 is 0. The van der Waals surface area contributed by atoms with Crippen molar-refractivity contribution in [1.82, 2.24) is 9.97 Å². The highest BCUT2D eigenvalue weighted by molar-refractivity contribution is 7.19.